The lowest BCUT2D eigenvalue weighted by Crippen LogP contribution is -2.07. The van der Waals surface area contributed by atoms with Crippen molar-refractivity contribution < 1.29 is 9.53 Å². The maximum atomic E-state index is 12.2. The predicted molar refractivity (Wildman–Crippen MR) is 122 cm³/mol. The maximum absolute atomic E-state index is 12.2. The molecule has 4 aromatic rings. The first kappa shape index (κ1) is 19.7. The molecule has 0 atom stereocenters. The third-order valence-electron chi connectivity index (χ3n) is 4.73. The summed E-state index contributed by atoms with van der Waals surface area (Å²) in [7, 11) is 1.62. The number of anilines is 1. The molecule has 0 spiro atoms. The van der Waals surface area contributed by atoms with Gasteiger partial charge in [-0.3, -0.25) is 4.79 Å². The van der Waals surface area contributed by atoms with Crippen molar-refractivity contribution in [1.82, 2.24) is 9.97 Å². The summed E-state index contributed by atoms with van der Waals surface area (Å²) in [5, 5.41) is 3.55. The summed E-state index contributed by atoms with van der Waals surface area (Å²) in [6, 6.07) is 18.8. The molecule has 0 radical (unpaired) electrons. The van der Waals surface area contributed by atoms with Crippen LogP contribution in [0.1, 0.15) is 11.1 Å². The Morgan fingerprint density at radius 1 is 1.10 bits per heavy atom. The third kappa shape index (κ3) is 4.36. The van der Waals surface area contributed by atoms with E-state index in [0.717, 1.165) is 39.3 Å². The number of nitrogens with zero attached hydrogens (tertiary/aromatic N) is 1. The van der Waals surface area contributed by atoms with Crippen LogP contribution in [0.3, 0.4) is 0 Å². The minimum Gasteiger partial charge on any atom is -0.497 e. The number of carbonyl (C=O) groups excluding carboxylic acids is 1. The van der Waals surface area contributed by atoms with Gasteiger partial charge in [-0.15, -0.1) is 0 Å². The fourth-order valence-corrected chi connectivity index (χ4v) is 3.22. The Balaban J connectivity index is 1.44. The molecule has 150 valence electrons. The van der Waals surface area contributed by atoms with Crippen molar-refractivity contribution in [3.05, 3.63) is 82.9 Å². The third-order valence-corrected chi connectivity index (χ3v) is 5.14. The largest absolute Gasteiger partial charge is 0.497 e. The first-order valence-electron chi connectivity index (χ1n) is 9.41. The maximum Gasteiger partial charge on any atom is 0.248 e. The van der Waals surface area contributed by atoms with Gasteiger partial charge in [0.2, 0.25) is 5.91 Å². The number of benzene rings is 3. The Kier molecular flexibility index (Phi) is 5.55. The molecule has 0 saturated carbocycles. The van der Waals surface area contributed by atoms with E-state index >= 15 is 0 Å². The van der Waals surface area contributed by atoms with E-state index in [2.05, 4.69) is 15.3 Å². The number of nitrogens with one attached hydrogen (secondary N) is 2. The van der Waals surface area contributed by atoms with Crippen LogP contribution >= 0.6 is 11.6 Å². The predicted octanol–water partition coefficient (Wildman–Crippen LogP) is 5.85. The summed E-state index contributed by atoms with van der Waals surface area (Å²) >= 11 is 6.19. The number of rotatable bonds is 5. The topological polar surface area (TPSA) is 67.0 Å². The fourth-order valence-electron chi connectivity index (χ4n) is 3.06. The van der Waals surface area contributed by atoms with Crippen molar-refractivity contribution in [1.29, 1.82) is 0 Å². The minimum atomic E-state index is -0.201. The second-order valence-electron chi connectivity index (χ2n) is 6.88. The fraction of sp³-hybridized carbons (Fsp3) is 0.0833. The number of amides is 1. The number of aromatic nitrogens is 2. The van der Waals surface area contributed by atoms with Gasteiger partial charge in [-0.25, -0.2) is 4.98 Å². The smallest absolute Gasteiger partial charge is 0.248 e. The lowest BCUT2D eigenvalue weighted by atomic mass is 10.2. The van der Waals surface area contributed by atoms with Gasteiger partial charge in [0.05, 0.1) is 18.1 Å². The number of fused-ring (bicyclic) bond motifs is 1. The Labute approximate surface area is 179 Å². The lowest BCUT2D eigenvalue weighted by molar-refractivity contribution is -0.111. The molecule has 3 aromatic carbocycles. The van der Waals surface area contributed by atoms with E-state index in [4.69, 9.17) is 16.3 Å². The SMILES string of the molecule is COc1ccc(/C=C/C(=O)Nc2ccc(-c3nc4cc(Cl)c(C)cc4[nH]3)cc2)cc1. The second kappa shape index (κ2) is 8.43. The number of ether oxygens (including phenoxy) is 1. The number of carbonyl (C=O) groups is 1. The molecule has 6 heteroatoms. The number of hydrogen-bond acceptors (Lipinski definition) is 3. The monoisotopic (exact) mass is 417 g/mol. The molecule has 0 unspecified atom stereocenters. The Hall–Kier alpha value is -3.57. The summed E-state index contributed by atoms with van der Waals surface area (Å²) in [6.07, 6.45) is 3.26. The number of methoxy groups -OCH3 is 1. The zero-order valence-corrected chi connectivity index (χ0v) is 17.3. The Morgan fingerprint density at radius 3 is 2.53 bits per heavy atom. The molecule has 1 aromatic heterocycles. The van der Waals surface area contributed by atoms with Crippen molar-refractivity contribution in [2.45, 2.75) is 6.92 Å². The Morgan fingerprint density at radius 2 is 1.83 bits per heavy atom. The summed E-state index contributed by atoms with van der Waals surface area (Å²) in [4.78, 5) is 20.1. The highest BCUT2D eigenvalue weighted by Crippen LogP contribution is 2.26. The van der Waals surface area contributed by atoms with Gasteiger partial charge in [-0.1, -0.05) is 23.7 Å². The standard InChI is InChI=1S/C24H20ClN3O2/c1-15-13-21-22(14-20(15)25)28-24(27-21)17-6-8-18(9-7-17)26-23(29)12-5-16-3-10-19(30-2)11-4-16/h3-14H,1-2H3,(H,26,29)(H,27,28)/b12-5+. The zero-order chi connectivity index (χ0) is 21.1. The van der Waals surface area contributed by atoms with Crippen molar-refractivity contribution in [3.8, 4) is 17.1 Å². The van der Waals surface area contributed by atoms with Crippen molar-refractivity contribution in [2.75, 3.05) is 12.4 Å². The second-order valence-corrected chi connectivity index (χ2v) is 7.28. The molecule has 5 nitrogen and oxygen atoms in total. The molecule has 0 bridgehead atoms. The number of H-pyrrole nitrogens is 1. The molecular formula is C24H20ClN3O2. The molecule has 0 aliphatic rings. The summed E-state index contributed by atoms with van der Waals surface area (Å²) < 4.78 is 5.13. The van der Waals surface area contributed by atoms with Crippen molar-refractivity contribution in [3.63, 3.8) is 0 Å². The van der Waals surface area contributed by atoms with E-state index in [0.29, 0.717) is 10.7 Å². The molecule has 30 heavy (non-hydrogen) atoms. The first-order chi connectivity index (χ1) is 14.5. The Bertz CT molecular complexity index is 1190. The van der Waals surface area contributed by atoms with Crippen LogP contribution in [0, 0.1) is 6.92 Å². The van der Waals surface area contributed by atoms with E-state index < -0.39 is 0 Å². The van der Waals surface area contributed by atoms with E-state index in [9.17, 15) is 4.79 Å². The van der Waals surface area contributed by atoms with Crippen LogP contribution in [0.15, 0.2) is 66.7 Å². The molecule has 0 fully saturated rings. The molecule has 1 amide bonds. The summed E-state index contributed by atoms with van der Waals surface area (Å²) in [5.74, 6) is 1.33. The van der Waals surface area contributed by atoms with Gasteiger partial charge in [0.15, 0.2) is 0 Å². The quantitative estimate of drug-likeness (QED) is 0.400. The highest BCUT2D eigenvalue weighted by atomic mass is 35.5. The van der Waals surface area contributed by atoms with Crippen LogP contribution in [0.5, 0.6) is 5.75 Å². The molecular weight excluding hydrogens is 398 g/mol. The average molecular weight is 418 g/mol. The number of halogens is 1. The lowest BCUT2D eigenvalue weighted by Gasteiger charge is -2.03. The van der Waals surface area contributed by atoms with E-state index in [-0.39, 0.29) is 5.91 Å². The zero-order valence-electron chi connectivity index (χ0n) is 16.6. The van der Waals surface area contributed by atoms with Crippen LogP contribution in [0.25, 0.3) is 28.5 Å². The first-order valence-corrected chi connectivity index (χ1v) is 9.79. The highest BCUT2D eigenvalue weighted by molar-refractivity contribution is 6.32. The average Bonchev–Trinajstić information content (AvgIpc) is 3.16. The van der Waals surface area contributed by atoms with Gasteiger partial charge in [0.1, 0.15) is 11.6 Å². The normalized spacial score (nSPS) is 11.2. The number of aryl methyl sites for hydroxylation is 1. The van der Waals surface area contributed by atoms with Crippen LogP contribution in [-0.2, 0) is 4.79 Å². The van der Waals surface area contributed by atoms with Gasteiger partial charge in [-0.2, -0.15) is 0 Å². The van der Waals surface area contributed by atoms with E-state index in [1.54, 1.807) is 13.2 Å². The van der Waals surface area contributed by atoms with Crippen LogP contribution in [-0.4, -0.2) is 23.0 Å². The van der Waals surface area contributed by atoms with E-state index in [1.807, 2.05) is 67.6 Å². The molecule has 0 aliphatic heterocycles. The number of aromatic amines is 1. The molecule has 1 heterocycles. The number of hydrogen-bond donors (Lipinski definition) is 2. The number of imidazole rings is 1. The molecule has 0 aliphatic carbocycles. The van der Waals surface area contributed by atoms with Gasteiger partial charge >= 0.3 is 0 Å². The molecule has 2 N–H and O–H groups in total. The molecule has 4 rings (SSSR count). The van der Waals surface area contributed by atoms with Gasteiger partial charge in [0.25, 0.3) is 0 Å². The highest BCUT2D eigenvalue weighted by Gasteiger charge is 2.08. The van der Waals surface area contributed by atoms with Gasteiger partial charge in [-0.05, 0) is 72.7 Å². The van der Waals surface area contributed by atoms with Crippen LogP contribution < -0.4 is 10.1 Å². The van der Waals surface area contributed by atoms with E-state index in [1.165, 1.54) is 6.08 Å². The summed E-state index contributed by atoms with van der Waals surface area (Å²) in [6.45, 7) is 1.96. The van der Waals surface area contributed by atoms with Crippen LogP contribution in [0.4, 0.5) is 5.69 Å². The van der Waals surface area contributed by atoms with Crippen molar-refractivity contribution >= 4 is 40.3 Å². The van der Waals surface area contributed by atoms with Crippen LogP contribution in [0.2, 0.25) is 5.02 Å². The van der Waals surface area contributed by atoms with Gasteiger partial charge < -0.3 is 15.0 Å². The molecule has 0 saturated heterocycles. The van der Waals surface area contributed by atoms with Crippen molar-refractivity contribution in [2.24, 2.45) is 0 Å². The minimum absolute atomic E-state index is 0.201. The van der Waals surface area contributed by atoms with Gasteiger partial charge in [0, 0.05) is 22.3 Å². The summed E-state index contributed by atoms with van der Waals surface area (Å²) in [5.41, 5.74) is 5.31.